The molecule has 0 atom stereocenters. The van der Waals surface area contributed by atoms with E-state index in [1.807, 2.05) is 4.90 Å². The zero-order valence-electron chi connectivity index (χ0n) is 9.82. The van der Waals surface area contributed by atoms with Gasteiger partial charge in [-0.15, -0.1) is 0 Å². The van der Waals surface area contributed by atoms with Crippen molar-refractivity contribution in [2.45, 2.75) is 19.8 Å². The van der Waals surface area contributed by atoms with Crippen LogP contribution in [0.5, 0.6) is 0 Å². The van der Waals surface area contributed by atoms with E-state index in [-0.39, 0.29) is 12.5 Å². The summed E-state index contributed by atoms with van der Waals surface area (Å²) in [5.41, 5.74) is 12.5. The number of unbranched alkanes of at least 4 members (excludes halogenated alkanes) is 1. The third-order valence-electron chi connectivity index (χ3n) is 2.35. The fourth-order valence-electron chi connectivity index (χ4n) is 1.58. The molecule has 1 heterocycles. The first kappa shape index (κ1) is 13.8. The number of rotatable bonds is 6. The van der Waals surface area contributed by atoms with Crippen LogP contribution in [0.4, 0.5) is 11.4 Å². The van der Waals surface area contributed by atoms with E-state index in [2.05, 4.69) is 27.8 Å². The highest BCUT2D eigenvalue weighted by molar-refractivity contribution is 9.10. The van der Waals surface area contributed by atoms with Crippen LogP contribution in [0.2, 0.25) is 0 Å². The Bertz CT molecular complexity index is 377. The third-order valence-corrected chi connectivity index (χ3v) is 2.93. The molecular weight excluding hydrogens is 284 g/mol. The summed E-state index contributed by atoms with van der Waals surface area (Å²) < 4.78 is 0.773. The molecule has 0 saturated heterocycles. The summed E-state index contributed by atoms with van der Waals surface area (Å²) >= 11 is 3.39. The molecule has 0 saturated carbocycles. The van der Waals surface area contributed by atoms with Crippen molar-refractivity contribution < 1.29 is 4.79 Å². The number of amides is 1. The second-order valence-electron chi connectivity index (χ2n) is 3.80. The quantitative estimate of drug-likeness (QED) is 0.834. The first-order valence-corrected chi connectivity index (χ1v) is 6.27. The molecule has 1 aromatic heterocycles. The van der Waals surface area contributed by atoms with Gasteiger partial charge in [0.1, 0.15) is 0 Å². The monoisotopic (exact) mass is 300 g/mol. The molecule has 0 unspecified atom stereocenters. The van der Waals surface area contributed by atoms with Gasteiger partial charge in [0, 0.05) is 12.7 Å². The molecule has 0 aliphatic rings. The Labute approximate surface area is 109 Å². The van der Waals surface area contributed by atoms with E-state index in [0.717, 1.165) is 29.5 Å². The maximum Gasteiger partial charge on any atom is 0.236 e. The van der Waals surface area contributed by atoms with Gasteiger partial charge in [-0.1, -0.05) is 13.3 Å². The molecule has 0 radical (unpaired) electrons. The van der Waals surface area contributed by atoms with Crippen LogP contribution in [0, 0.1) is 0 Å². The van der Waals surface area contributed by atoms with Crippen LogP contribution < -0.4 is 16.4 Å². The van der Waals surface area contributed by atoms with Crippen LogP contribution in [-0.4, -0.2) is 24.0 Å². The van der Waals surface area contributed by atoms with Gasteiger partial charge in [-0.25, -0.2) is 0 Å². The fraction of sp³-hybridized carbons (Fsp3) is 0.455. The summed E-state index contributed by atoms with van der Waals surface area (Å²) in [6.07, 6.45) is 5.24. The Kier molecular flexibility index (Phi) is 5.21. The molecule has 1 rings (SSSR count). The number of hydrogen-bond donors (Lipinski definition) is 2. The second kappa shape index (κ2) is 6.44. The number of nitrogen functional groups attached to an aromatic ring is 1. The first-order chi connectivity index (χ1) is 8.06. The molecule has 5 nitrogen and oxygen atoms in total. The summed E-state index contributed by atoms with van der Waals surface area (Å²) in [6.45, 7) is 2.99. The number of carbonyl (C=O) groups excluding carboxylic acids is 1. The van der Waals surface area contributed by atoms with Gasteiger partial charge in [0.15, 0.2) is 0 Å². The fourth-order valence-corrected chi connectivity index (χ4v) is 2.18. The maximum atomic E-state index is 11.1. The van der Waals surface area contributed by atoms with Crippen LogP contribution in [-0.2, 0) is 4.79 Å². The van der Waals surface area contributed by atoms with Crippen LogP contribution in [0.15, 0.2) is 16.9 Å². The van der Waals surface area contributed by atoms with Gasteiger partial charge in [0.05, 0.1) is 28.6 Å². The van der Waals surface area contributed by atoms with Crippen LogP contribution >= 0.6 is 15.9 Å². The number of primary amides is 1. The number of pyridine rings is 1. The van der Waals surface area contributed by atoms with Crippen molar-refractivity contribution in [3.05, 3.63) is 16.9 Å². The zero-order valence-corrected chi connectivity index (χ0v) is 11.4. The van der Waals surface area contributed by atoms with E-state index in [9.17, 15) is 4.79 Å². The number of nitrogens with two attached hydrogens (primary N) is 2. The average Bonchev–Trinajstić information content (AvgIpc) is 2.24. The topological polar surface area (TPSA) is 85.2 Å². The van der Waals surface area contributed by atoms with Gasteiger partial charge < -0.3 is 16.4 Å². The van der Waals surface area contributed by atoms with Crippen molar-refractivity contribution in [3.8, 4) is 0 Å². The normalized spacial score (nSPS) is 10.2. The molecule has 0 bridgehead atoms. The Morgan fingerprint density at radius 1 is 1.53 bits per heavy atom. The molecule has 17 heavy (non-hydrogen) atoms. The second-order valence-corrected chi connectivity index (χ2v) is 4.65. The number of anilines is 2. The molecule has 1 amide bonds. The molecule has 0 aromatic carbocycles. The molecule has 6 heteroatoms. The molecule has 0 aliphatic carbocycles. The van der Waals surface area contributed by atoms with E-state index >= 15 is 0 Å². The van der Waals surface area contributed by atoms with Crippen molar-refractivity contribution in [1.29, 1.82) is 0 Å². The van der Waals surface area contributed by atoms with Crippen LogP contribution in [0.1, 0.15) is 19.8 Å². The lowest BCUT2D eigenvalue weighted by Gasteiger charge is -2.25. The summed E-state index contributed by atoms with van der Waals surface area (Å²) in [7, 11) is 0. The lowest BCUT2D eigenvalue weighted by atomic mass is 10.2. The Morgan fingerprint density at radius 3 is 2.76 bits per heavy atom. The Morgan fingerprint density at radius 2 is 2.24 bits per heavy atom. The van der Waals surface area contributed by atoms with Crippen molar-refractivity contribution >= 4 is 33.2 Å². The van der Waals surface area contributed by atoms with Crippen molar-refractivity contribution in [2.75, 3.05) is 23.7 Å². The highest BCUT2D eigenvalue weighted by Gasteiger charge is 2.15. The SMILES string of the molecule is CCCCN(CC(N)=O)c1c(N)cncc1Br. The summed E-state index contributed by atoms with van der Waals surface area (Å²) in [5.74, 6) is -0.371. The summed E-state index contributed by atoms with van der Waals surface area (Å²) in [6, 6.07) is 0. The van der Waals surface area contributed by atoms with E-state index in [0.29, 0.717) is 5.69 Å². The maximum absolute atomic E-state index is 11.1. The smallest absolute Gasteiger partial charge is 0.236 e. The summed E-state index contributed by atoms with van der Waals surface area (Å²) in [5, 5.41) is 0. The molecule has 94 valence electrons. The van der Waals surface area contributed by atoms with Gasteiger partial charge in [-0.05, 0) is 22.4 Å². The van der Waals surface area contributed by atoms with E-state index < -0.39 is 0 Å². The van der Waals surface area contributed by atoms with Gasteiger partial charge in [-0.2, -0.15) is 0 Å². The largest absolute Gasteiger partial charge is 0.396 e. The van der Waals surface area contributed by atoms with Gasteiger partial charge in [0.2, 0.25) is 5.91 Å². The minimum absolute atomic E-state index is 0.160. The van der Waals surface area contributed by atoms with Crippen molar-refractivity contribution in [3.63, 3.8) is 0 Å². The molecule has 0 fully saturated rings. The minimum atomic E-state index is -0.371. The number of carbonyl (C=O) groups is 1. The first-order valence-electron chi connectivity index (χ1n) is 5.48. The average molecular weight is 301 g/mol. The van der Waals surface area contributed by atoms with Gasteiger partial charge in [-0.3, -0.25) is 9.78 Å². The van der Waals surface area contributed by atoms with E-state index in [4.69, 9.17) is 11.5 Å². The number of nitrogens with zero attached hydrogens (tertiary/aromatic N) is 2. The Balaban J connectivity index is 2.98. The highest BCUT2D eigenvalue weighted by Crippen LogP contribution is 2.31. The van der Waals surface area contributed by atoms with Gasteiger partial charge in [0.25, 0.3) is 0 Å². The van der Waals surface area contributed by atoms with Crippen molar-refractivity contribution in [1.82, 2.24) is 4.98 Å². The lowest BCUT2D eigenvalue weighted by molar-refractivity contribution is -0.116. The standard InChI is InChI=1S/C11H17BrN4O/c1-2-3-4-16(7-10(14)17)11-8(12)5-15-6-9(11)13/h5-6H,2-4,7,13H2,1H3,(H2,14,17). The van der Waals surface area contributed by atoms with E-state index in [1.54, 1.807) is 12.4 Å². The molecule has 4 N–H and O–H groups in total. The predicted molar refractivity (Wildman–Crippen MR) is 72.7 cm³/mol. The molecule has 1 aromatic rings. The number of halogens is 1. The lowest BCUT2D eigenvalue weighted by Crippen LogP contribution is -2.35. The van der Waals surface area contributed by atoms with Crippen LogP contribution in [0.25, 0.3) is 0 Å². The third kappa shape index (κ3) is 3.89. The molecule has 0 spiro atoms. The zero-order chi connectivity index (χ0) is 12.8. The van der Waals surface area contributed by atoms with Gasteiger partial charge >= 0.3 is 0 Å². The predicted octanol–water partition coefficient (Wildman–Crippen LogP) is 1.52. The van der Waals surface area contributed by atoms with Crippen molar-refractivity contribution in [2.24, 2.45) is 5.73 Å². The number of hydrogen-bond acceptors (Lipinski definition) is 4. The molecule has 0 aliphatic heterocycles. The highest BCUT2D eigenvalue weighted by atomic mass is 79.9. The van der Waals surface area contributed by atoms with E-state index in [1.165, 1.54) is 0 Å². The van der Waals surface area contributed by atoms with Crippen LogP contribution in [0.3, 0.4) is 0 Å². The molecular formula is C11H17BrN4O. The number of aromatic nitrogens is 1. The summed E-state index contributed by atoms with van der Waals surface area (Å²) in [4.78, 5) is 16.9. The Hall–Kier alpha value is -1.30. The minimum Gasteiger partial charge on any atom is -0.396 e.